The summed E-state index contributed by atoms with van der Waals surface area (Å²) in [7, 11) is 0. The molecular weight excluding hydrogens is 217 g/mol. The number of nitrogens with zero attached hydrogens (tertiary/aromatic N) is 1. The number of hydrogen-bond acceptors (Lipinski definition) is 2. The van der Waals surface area contributed by atoms with E-state index in [1.165, 1.54) is 12.1 Å². The quantitative estimate of drug-likeness (QED) is 0.777. The van der Waals surface area contributed by atoms with Crippen molar-refractivity contribution in [3.05, 3.63) is 53.4 Å². The highest BCUT2D eigenvalue weighted by atomic mass is 19.1. The van der Waals surface area contributed by atoms with Crippen LogP contribution in [-0.4, -0.2) is 16.5 Å². The minimum atomic E-state index is -0.186. The van der Waals surface area contributed by atoms with Gasteiger partial charge in [0.25, 0.3) is 0 Å². The first-order valence-electron chi connectivity index (χ1n) is 5.70. The van der Waals surface area contributed by atoms with E-state index in [1.807, 2.05) is 25.3 Å². The van der Waals surface area contributed by atoms with Gasteiger partial charge < -0.3 is 10.3 Å². The second-order valence-corrected chi connectivity index (χ2v) is 4.05. The van der Waals surface area contributed by atoms with Crippen LogP contribution in [0.2, 0.25) is 0 Å². The summed E-state index contributed by atoms with van der Waals surface area (Å²) in [6.45, 7) is 3.58. The molecule has 2 rings (SSSR count). The lowest BCUT2D eigenvalue weighted by atomic mass is 10.1. The highest BCUT2D eigenvalue weighted by Gasteiger charge is 1.97. The largest absolute Gasteiger partial charge is 0.345 e. The molecule has 0 spiro atoms. The number of aromatic nitrogens is 2. The van der Waals surface area contributed by atoms with Gasteiger partial charge in [-0.05, 0) is 37.6 Å². The zero-order chi connectivity index (χ0) is 12.1. The SMILES string of the molecule is Cc1ncc(CNCCc2ccc(F)cc2)[nH]1. The summed E-state index contributed by atoms with van der Waals surface area (Å²) in [5.74, 6) is 0.745. The van der Waals surface area contributed by atoms with Gasteiger partial charge in [-0.3, -0.25) is 0 Å². The molecule has 0 fully saturated rings. The average molecular weight is 233 g/mol. The minimum absolute atomic E-state index is 0.186. The van der Waals surface area contributed by atoms with E-state index >= 15 is 0 Å². The van der Waals surface area contributed by atoms with Crippen LogP contribution in [0.15, 0.2) is 30.5 Å². The first-order valence-corrected chi connectivity index (χ1v) is 5.70. The van der Waals surface area contributed by atoms with Crippen LogP contribution in [0.5, 0.6) is 0 Å². The first kappa shape index (κ1) is 11.8. The third-order valence-corrected chi connectivity index (χ3v) is 2.57. The van der Waals surface area contributed by atoms with Gasteiger partial charge in [0.15, 0.2) is 0 Å². The third kappa shape index (κ3) is 3.67. The molecule has 1 heterocycles. The molecule has 0 aliphatic rings. The number of aryl methyl sites for hydroxylation is 1. The Bertz CT molecular complexity index is 462. The second-order valence-electron chi connectivity index (χ2n) is 4.05. The summed E-state index contributed by atoms with van der Waals surface area (Å²) >= 11 is 0. The maximum Gasteiger partial charge on any atom is 0.123 e. The second kappa shape index (κ2) is 5.59. The molecule has 0 amide bonds. The molecule has 17 heavy (non-hydrogen) atoms. The zero-order valence-electron chi connectivity index (χ0n) is 9.83. The topological polar surface area (TPSA) is 40.7 Å². The smallest absolute Gasteiger partial charge is 0.123 e. The maximum absolute atomic E-state index is 12.7. The number of hydrogen-bond donors (Lipinski definition) is 2. The summed E-state index contributed by atoms with van der Waals surface area (Å²) in [5.41, 5.74) is 2.22. The van der Waals surface area contributed by atoms with Crippen LogP contribution in [0.1, 0.15) is 17.1 Å². The molecule has 2 aromatic rings. The van der Waals surface area contributed by atoms with Crippen molar-refractivity contribution >= 4 is 0 Å². The van der Waals surface area contributed by atoms with Gasteiger partial charge in [-0.25, -0.2) is 9.37 Å². The Kier molecular flexibility index (Phi) is 3.88. The summed E-state index contributed by atoms with van der Waals surface area (Å²) < 4.78 is 12.7. The Balaban J connectivity index is 1.71. The Labute approximate surface area is 100 Å². The van der Waals surface area contributed by atoms with E-state index in [0.717, 1.165) is 36.6 Å². The van der Waals surface area contributed by atoms with Gasteiger partial charge in [-0.1, -0.05) is 12.1 Å². The van der Waals surface area contributed by atoms with Crippen molar-refractivity contribution in [2.45, 2.75) is 19.9 Å². The highest BCUT2D eigenvalue weighted by molar-refractivity contribution is 5.16. The summed E-state index contributed by atoms with van der Waals surface area (Å²) in [5, 5.41) is 3.31. The predicted molar refractivity (Wildman–Crippen MR) is 65.1 cm³/mol. The van der Waals surface area contributed by atoms with Crippen molar-refractivity contribution in [3.63, 3.8) is 0 Å². The lowest BCUT2D eigenvalue weighted by Crippen LogP contribution is -2.16. The lowest BCUT2D eigenvalue weighted by molar-refractivity contribution is 0.625. The number of rotatable bonds is 5. The van der Waals surface area contributed by atoms with Crippen molar-refractivity contribution in [2.75, 3.05) is 6.54 Å². The Morgan fingerprint density at radius 1 is 1.29 bits per heavy atom. The maximum atomic E-state index is 12.7. The van der Waals surface area contributed by atoms with Gasteiger partial charge in [0, 0.05) is 18.4 Å². The van der Waals surface area contributed by atoms with Gasteiger partial charge in [0.05, 0.1) is 0 Å². The van der Waals surface area contributed by atoms with Gasteiger partial charge in [0.2, 0.25) is 0 Å². The van der Waals surface area contributed by atoms with Gasteiger partial charge in [-0.2, -0.15) is 0 Å². The molecule has 0 unspecified atom stereocenters. The van der Waals surface area contributed by atoms with Crippen LogP contribution in [0, 0.1) is 12.7 Å². The molecule has 0 atom stereocenters. The number of aromatic amines is 1. The van der Waals surface area contributed by atoms with E-state index in [9.17, 15) is 4.39 Å². The van der Waals surface area contributed by atoms with E-state index in [4.69, 9.17) is 0 Å². The predicted octanol–water partition coefficient (Wildman–Crippen LogP) is 2.19. The van der Waals surface area contributed by atoms with Crippen LogP contribution >= 0.6 is 0 Å². The molecule has 90 valence electrons. The van der Waals surface area contributed by atoms with Crippen LogP contribution in [0.3, 0.4) is 0 Å². The monoisotopic (exact) mass is 233 g/mol. The van der Waals surface area contributed by atoms with Crippen LogP contribution in [-0.2, 0) is 13.0 Å². The fourth-order valence-corrected chi connectivity index (χ4v) is 1.67. The van der Waals surface area contributed by atoms with Crippen molar-refractivity contribution in [2.24, 2.45) is 0 Å². The fourth-order valence-electron chi connectivity index (χ4n) is 1.67. The summed E-state index contributed by atoms with van der Waals surface area (Å²) in [4.78, 5) is 7.28. The van der Waals surface area contributed by atoms with E-state index in [2.05, 4.69) is 15.3 Å². The number of halogens is 1. The fraction of sp³-hybridized carbons (Fsp3) is 0.308. The minimum Gasteiger partial charge on any atom is -0.345 e. The standard InChI is InChI=1S/C13H16FN3/c1-10-16-9-13(17-10)8-15-7-6-11-2-4-12(14)5-3-11/h2-5,9,15H,6-8H2,1H3,(H,16,17). The highest BCUT2D eigenvalue weighted by Crippen LogP contribution is 2.03. The van der Waals surface area contributed by atoms with Crippen molar-refractivity contribution in [3.8, 4) is 0 Å². The Morgan fingerprint density at radius 2 is 2.06 bits per heavy atom. The number of imidazole rings is 1. The molecule has 0 radical (unpaired) electrons. The van der Waals surface area contributed by atoms with E-state index in [-0.39, 0.29) is 5.82 Å². The molecule has 2 N–H and O–H groups in total. The van der Waals surface area contributed by atoms with Gasteiger partial charge in [0.1, 0.15) is 11.6 Å². The Morgan fingerprint density at radius 3 is 2.71 bits per heavy atom. The van der Waals surface area contributed by atoms with E-state index in [0.29, 0.717) is 0 Å². The van der Waals surface area contributed by atoms with Crippen molar-refractivity contribution in [1.29, 1.82) is 0 Å². The number of H-pyrrole nitrogens is 1. The van der Waals surface area contributed by atoms with E-state index < -0.39 is 0 Å². The van der Waals surface area contributed by atoms with Gasteiger partial charge in [-0.15, -0.1) is 0 Å². The van der Waals surface area contributed by atoms with Gasteiger partial charge >= 0.3 is 0 Å². The van der Waals surface area contributed by atoms with Crippen LogP contribution in [0.4, 0.5) is 4.39 Å². The molecule has 0 bridgehead atoms. The Hall–Kier alpha value is -1.68. The van der Waals surface area contributed by atoms with Crippen LogP contribution in [0.25, 0.3) is 0 Å². The number of benzene rings is 1. The average Bonchev–Trinajstić information content (AvgIpc) is 2.73. The third-order valence-electron chi connectivity index (χ3n) is 2.57. The number of nitrogens with one attached hydrogen (secondary N) is 2. The normalized spacial score (nSPS) is 10.7. The molecular formula is C13H16FN3. The van der Waals surface area contributed by atoms with Crippen LogP contribution < -0.4 is 5.32 Å². The zero-order valence-corrected chi connectivity index (χ0v) is 9.83. The molecule has 3 nitrogen and oxygen atoms in total. The summed E-state index contributed by atoms with van der Waals surface area (Å²) in [6, 6.07) is 6.62. The molecule has 4 heteroatoms. The molecule has 1 aromatic carbocycles. The van der Waals surface area contributed by atoms with E-state index in [1.54, 1.807) is 0 Å². The lowest BCUT2D eigenvalue weighted by Gasteiger charge is -2.03. The molecule has 1 aromatic heterocycles. The molecule has 0 saturated carbocycles. The molecule has 0 aliphatic carbocycles. The van der Waals surface area contributed by atoms with Crippen molar-refractivity contribution in [1.82, 2.24) is 15.3 Å². The summed E-state index contributed by atoms with van der Waals surface area (Å²) in [6.07, 6.45) is 2.73. The molecule has 0 aliphatic heterocycles. The molecule has 0 saturated heterocycles. The van der Waals surface area contributed by atoms with Crippen molar-refractivity contribution < 1.29 is 4.39 Å². The first-order chi connectivity index (χ1) is 8.24.